The smallest absolute Gasteiger partial charge is 0.339 e. The first-order valence-electron chi connectivity index (χ1n) is 4.80. The van der Waals surface area contributed by atoms with Crippen molar-refractivity contribution in [1.82, 2.24) is 9.59 Å². The summed E-state index contributed by atoms with van der Waals surface area (Å²) in [6.07, 6.45) is 1.26. The fourth-order valence-corrected chi connectivity index (χ4v) is 2.18. The van der Waals surface area contributed by atoms with E-state index in [2.05, 4.69) is 14.9 Å². The Morgan fingerprint density at radius 2 is 1.95 bits per heavy atom. The van der Waals surface area contributed by atoms with Crippen LogP contribution in [0.4, 0.5) is 5.69 Å². The molecule has 2 N–H and O–H groups in total. The van der Waals surface area contributed by atoms with Crippen LogP contribution in [0.1, 0.15) is 20.0 Å². The van der Waals surface area contributed by atoms with Gasteiger partial charge in [-0.15, -0.1) is 5.10 Å². The Kier molecular flexibility index (Phi) is 3.98. The van der Waals surface area contributed by atoms with Gasteiger partial charge in [-0.2, -0.15) is 0 Å². The number of benzene rings is 1. The van der Waals surface area contributed by atoms with Gasteiger partial charge in [-0.05, 0) is 23.7 Å². The van der Waals surface area contributed by atoms with Crippen LogP contribution in [-0.4, -0.2) is 26.6 Å². The third kappa shape index (κ3) is 2.83. The van der Waals surface area contributed by atoms with E-state index in [0.717, 1.165) is 11.5 Å². The Morgan fingerprint density at radius 3 is 2.53 bits per heavy atom. The van der Waals surface area contributed by atoms with Gasteiger partial charge in [0, 0.05) is 0 Å². The van der Waals surface area contributed by atoms with E-state index in [1.807, 2.05) is 0 Å². The van der Waals surface area contributed by atoms with Crippen LogP contribution in [0.2, 0.25) is 10.0 Å². The van der Waals surface area contributed by atoms with Crippen molar-refractivity contribution in [3.63, 3.8) is 0 Å². The van der Waals surface area contributed by atoms with Gasteiger partial charge in [-0.1, -0.05) is 27.7 Å². The summed E-state index contributed by atoms with van der Waals surface area (Å²) in [5.74, 6) is -1.84. The standard InChI is InChI=1S/C10H5Cl2N3O3S/c11-4-1-2-5(12)8(7(4)10(17)18)14-9(16)6-3-13-15-19-6/h1-3H,(H,14,16)(H,17,18). The number of carboxylic acid groups (broad SMARTS) is 1. The maximum Gasteiger partial charge on any atom is 0.339 e. The SMILES string of the molecule is O=C(Nc1c(Cl)ccc(Cl)c1C(=O)O)c1cnns1. The van der Waals surface area contributed by atoms with Gasteiger partial charge in [0.25, 0.3) is 5.91 Å². The van der Waals surface area contributed by atoms with Crippen LogP contribution >= 0.6 is 34.7 Å². The Morgan fingerprint density at radius 1 is 1.26 bits per heavy atom. The first-order chi connectivity index (χ1) is 9.00. The molecule has 6 nitrogen and oxygen atoms in total. The normalized spacial score (nSPS) is 10.2. The molecule has 0 saturated carbocycles. The van der Waals surface area contributed by atoms with Crippen molar-refractivity contribution in [2.75, 3.05) is 5.32 Å². The first kappa shape index (κ1) is 13.7. The number of aromatic carboxylic acids is 1. The molecule has 0 bridgehead atoms. The summed E-state index contributed by atoms with van der Waals surface area (Å²) < 4.78 is 3.54. The predicted molar refractivity (Wildman–Crippen MR) is 71.3 cm³/mol. The molecule has 2 rings (SSSR count). The van der Waals surface area contributed by atoms with Crippen molar-refractivity contribution >= 4 is 52.3 Å². The predicted octanol–water partition coefficient (Wildman–Crippen LogP) is 2.80. The van der Waals surface area contributed by atoms with Crippen LogP contribution in [0.3, 0.4) is 0 Å². The van der Waals surface area contributed by atoms with E-state index < -0.39 is 11.9 Å². The molecule has 98 valence electrons. The fourth-order valence-electron chi connectivity index (χ4n) is 1.33. The molecule has 9 heteroatoms. The molecule has 0 aliphatic carbocycles. The topological polar surface area (TPSA) is 92.2 Å². The average Bonchev–Trinajstić information content (AvgIpc) is 2.87. The number of rotatable bonds is 3. The number of carbonyl (C=O) groups is 2. The second kappa shape index (κ2) is 5.52. The van der Waals surface area contributed by atoms with Crippen LogP contribution < -0.4 is 5.32 Å². The molecule has 0 spiro atoms. The maximum atomic E-state index is 11.8. The van der Waals surface area contributed by atoms with Crippen molar-refractivity contribution in [3.05, 3.63) is 38.8 Å². The first-order valence-corrected chi connectivity index (χ1v) is 6.33. The van der Waals surface area contributed by atoms with Gasteiger partial charge >= 0.3 is 5.97 Å². The number of hydrogen-bond donors (Lipinski definition) is 2. The van der Waals surface area contributed by atoms with Gasteiger partial charge in [0.2, 0.25) is 0 Å². The van der Waals surface area contributed by atoms with Crippen molar-refractivity contribution < 1.29 is 14.7 Å². The van der Waals surface area contributed by atoms with Crippen molar-refractivity contribution in [3.8, 4) is 0 Å². The number of carboxylic acids is 1. The largest absolute Gasteiger partial charge is 0.478 e. The lowest BCUT2D eigenvalue weighted by Gasteiger charge is -2.10. The highest BCUT2D eigenvalue weighted by Gasteiger charge is 2.20. The fraction of sp³-hybridized carbons (Fsp3) is 0. The quantitative estimate of drug-likeness (QED) is 0.908. The molecule has 0 atom stereocenters. The lowest BCUT2D eigenvalue weighted by Crippen LogP contribution is -2.14. The number of aromatic nitrogens is 2. The number of nitrogens with one attached hydrogen (secondary N) is 1. The van der Waals surface area contributed by atoms with Gasteiger partial charge in [-0.25, -0.2) is 4.79 Å². The molecule has 0 fully saturated rings. The van der Waals surface area contributed by atoms with E-state index in [0.29, 0.717) is 0 Å². The van der Waals surface area contributed by atoms with Crippen LogP contribution in [0.5, 0.6) is 0 Å². The van der Waals surface area contributed by atoms with Crippen LogP contribution in [-0.2, 0) is 0 Å². The summed E-state index contributed by atoms with van der Waals surface area (Å²) in [5.41, 5.74) is -0.319. The third-order valence-electron chi connectivity index (χ3n) is 2.14. The van der Waals surface area contributed by atoms with Crippen molar-refractivity contribution in [2.45, 2.75) is 0 Å². The summed E-state index contributed by atoms with van der Waals surface area (Å²) in [6, 6.07) is 2.74. The van der Waals surface area contributed by atoms with Gasteiger partial charge in [0.05, 0.1) is 21.9 Å². The third-order valence-corrected chi connectivity index (χ3v) is 3.43. The van der Waals surface area contributed by atoms with E-state index in [9.17, 15) is 9.59 Å². The van der Waals surface area contributed by atoms with Crippen LogP contribution in [0, 0.1) is 0 Å². The molecule has 0 aliphatic rings. The molecule has 0 saturated heterocycles. The Labute approximate surface area is 121 Å². The van der Waals surface area contributed by atoms with E-state index in [1.165, 1.54) is 18.3 Å². The molecule has 0 unspecified atom stereocenters. The molecule has 0 radical (unpaired) electrons. The molecule has 2 aromatic rings. The lowest BCUT2D eigenvalue weighted by molar-refractivity contribution is 0.0698. The molecule has 1 aromatic carbocycles. The second-order valence-electron chi connectivity index (χ2n) is 3.32. The average molecular weight is 318 g/mol. The van der Waals surface area contributed by atoms with Crippen molar-refractivity contribution in [1.29, 1.82) is 0 Å². The molecule has 1 aromatic heterocycles. The van der Waals surface area contributed by atoms with Gasteiger partial charge in [-0.3, -0.25) is 4.79 Å². The van der Waals surface area contributed by atoms with Crippen LogP contribution in [0.25, 0.3) is 0 Å². The number of hydrogen-bond acceptors (Lipinski definition) is 5. The number of amides is 1. The zero-order valence-corrected chi connectivity index (χ0v) is 11.4. The minimum atomic E-state index is -1.29. The monoisotopic (exact) mass is 317 g/mol. The number of carbonyl (C=O) groups excluding carboxylic acids is 1. The highest BCUT2D eigenvalue weighted by atomic mass is 35.5. The maximum absolute atomic E-state index is 11.8. The lowest BCUT2D eigenvalue weighted by atomic mass is 10.1. The van der Waals surface area contributed by atoms with Gasteiger partial charge < -0.3 is 10.4 Å². The summed E-state index contributed by atoms with van der Waals surface area (Å²) in [7, 11) is 0. The zero-order chi connectivity index (χ0) is 14.0. The summed E-state index contributed by atoms with van der Waals surface area (Å²) in [6.45, 7) is 0. The molecule has 1 heterocycles. The summed E-state index contributed by atoms with van der Waals surface area (Å²) >= 11 is 12.6. The molecule has 19 heavy (non-hydrogen) atoms. The highest BCUT2D eigenvalue weighted by Crippen LogP contribution is 2.32. The molecule has 0 aliphatic heterocycles. The van der Waals surface area contributed by atoms with Gasteiger partial charge in [0.15, 0.2) is 0 Å². The highest BCUT2D eigenvalue weighted by molar-refractivity contribution is 7.07. The zero-order valence-electron chi connectivity index (χ0n) is 9.05. The van der Waals surface area contributed by atoms with Crippen LogP contribution in [0.15, 0.2) is 18.3 Å². The van der Waals surface area contributed by atoms with E-state index in [4.69, 9.17) is 28.3 Å². The minimum absolute atomic E-state index is 0.0189. The minimum Gasteiger partial charge on any atom is -0.478 e. The summed E-state index contributed by atoms with van der Waals surface area (Å²) in [4.78, 5) is 23.2. The molecular weight excluding hydrogens is 313 g/mol. The number of anilines is 1. The van der Waals surface area contributed by atoms with E-state index in [-0.39, 0.29) is 26.2 Å². The van der Waals surface area contributed by atoms with Crippen molar-refractivity contribution in [2.24, 2.45) is 0 Å². The second-order valence-corrected chi connectivity index (χ2v) is 4.92. The van der Waals surface area contributed by atoms with E-state index in [1.54, 1.807) is 0 Å². The molecular formula is C10H5Cl2N3O3S. The number of nitrogens with zero attached hydrogens (tertiary/aromatic N) is 2. The number of halogens is 2. The Hall–Kier alpha value is -1.70. The Balaban J connectivity index is 2.42. The summed E-state index contributed by atoms with van der Waals surface area (Å²) in [5, 5.41) is 15.1. The molecule has 1 amide bonds. The van der Waals surface area contributed by atoms with Gasteiger partial charge in [0.1, 0.15) is 10.4 Å². The van der Waals surface area contributed by atoms with E-state index >= 15 is 0 Å². The Bertz CT molecular complexity index is 646.